The van der Waals surface area contributed by atoms with Crippen molar-refractivity contribution in [2.75, 3.05) is 26.2 Å². The first kappa shape index (κ1) is 23.4. The highest BCUT2D eigenvalue weighted by atomic mass is 16.5. The molecule has 0 spiro atoms. The van der Waals surface area contributed by atoms with Gasteiger partial charge in [0.2, 0.25) is 11.8 Å². The minimum atomic E-state index is -0.0714. The lowest BCUT2D eigenvalue weighted by molar-refractivity contribution is -0.139. The van der Waals surface area contributed by atoms with E-state index in [9.17, 15) is 9.59 Å². The number of para-hydroxylation sites is 1. The summed E-state index contributed by atoms with van der Waals surface area (Å²) >= 11 is 0. The Labute approximate surface area is 190 Å². The van der Waals surface area contributed by atoms with Crippen molar-refractivity contribution in [2.24, 2.45) is 0 Å². The van der Waals surface area contributed by atoms with Crippen LogP contribution in [-0.2, 0) is 22.6 Å². The molecule has 2 aromatic carbocycles. The van der Waals surface area contributed by atoms with Gasteiger partial charge in [0.25, 0.3) is 0 Å². The van der Waals surface area contributed by atoms with Gasteiger partial charge in [-0.15, -0.1) is 0 Å². The molecule has 170 valence electrons. The topological polar surface area (TPSA) is 65.6 Å². The quantitative estimate of drug-likeness (QED) is 0.486. The summed E-state index contributed by atoms with van der Waals surface area (Å²) in [5.74, 6) is 0.707. The molecule has 2 amide bonds. The van der Waals surface area contributed by atoms with Gasteiger partial charge in [-0.25, -0.2) is 0 Å². The number of nitrogens with zero attached hydrogens (tertiary/aromatic N) is 2. The molecule has 1 heterocycles. The first-order chi connectivity index (χ1) is 15.5. The second kappa shape index (κ2) is 11.4. The molecule has 0 saturated heterocycles. The summed E-state index contributed by atoms with van der Waals surface area (Å²) in [6.07, 6.45) is 3.57. The molecule has 0 radical (unpaired) electrons. The summed E-state index contributed by atoms with van der Waals surface area (Å²) in [7, 11) is 0. The molecule has 32 heavy (non-hydrogen) atoms. The van der Waals surface area contributed by atoms with Crippen LogP contribution in [-0.4, -0.2) is 52.8 Å². The Morgan fingerprint density at radius 3 is 2.41 bits per heavy atom. The standard InChI is InChI=1S/C26H33N3O3/c1-4-15-28(20(3)30)19-26(31)29(18-21-10-12-23(13-11-21)32-5-2)16-14-22-17-27-25-9-7-6-8-24(22)25/h6-13,17,27H,4-5,14-16,18-19H2,1-3H3. The van der Waals surface area contributed by atoms with E-state index in [1.165, 1.54) is 17.9 Å². The van der Waals surface area contributed by atoms with Crippen LogP contribution < -0.4 is 4.74 Å². The van der Waals surface area contributed by atoms with Gasteiger partial charge in [0.05, 0.1) is 13.2 Å². The van der Waals surface area contributed by atoms with Gasteiger partial charge in [0.15, 0.2) is 0 Å². The van der Waals surface area contributed by atoms with E-state index in [0.717, 1.165) is 29.7 Å². The number of ether oxygens (including phenoxy) is 1. The van der Waals surface area contributed by atoms with Crippen LogP contribution in [0.4, 0.5) is 0 Å². The largest absolute Gasteiger partial charge is 0.494 e. The monoisotopic (exact) mass is 435 g/mol. The molecule has 0 atom stereocenters. The minimum absolute atomic E-state index is 0.0395. The number of carbonyl (C=O) groups is 2. The highest BCUT2D eigenvalue weighted by molar-refractivity contribution is 5.84. The number of rotatable bonds is 11. The van der Waals surface area contributed by atoms with Crippen LogP contribution in [0.3, 0.4) is 0 Å². The number of hydrogen-bond acceptors (Lipinski definition) is 3. The van der Waals surface area contributed by atoms with Gasteiger partial charge in [-0.3, -0.25) is 9.59 Å². The van der Waals surface area contributed by atoms with Crippen LogP contribution in [0, 0.1) is 0 Å². The van der Waals surface area contributed by atoms with E-state index in [1.807, 2.05) is 61.3 Å². The van der Waals surface area contributed by atoms with Gasteiger partial charge < -0.3 is 19.5 Å². The zero-order chi connectivity index (χ0) is 22.9. The SMILES string of the molecule is CCCN(CC(=O)N(CCc1c[nH]c2ccccc12)Cc1ccc(OCC)cc1)C(C)=O. The first-order valence-corrected chi connectivity index (χ1v) is 11.3. The number of nitrogens with one attached hydrogen (secondary N) is 1. The number of carbonyl (C=O) groups excluding carboxylic acids is 2. The van der Waals surface area contributed by atoms with Crippen molar-refractivity contribution in [2.45, 2.75) is 40.2 Å². The van der Waals surface area contributed by atoms with E-state index in [4.69, 9.17) is 4.74 Å². The molecule has 0 fully saturated rings. The van der Waals surface area contributed by atoms with E-state index in [1.54, 1.807) is 4.90 Å². The van der Waals surface area contributed by atoms with Crippen LogP contribution in [0.25, 0.3) is 10.9 Å². The van der Waals surface area contributed by atoms with E-state index in [2.05, 4.69) is 17.1 Å². The number of aromatic nitrogens is 1. The van der Waals surface area contributed by atoms with Crippen LogP contribution in [0.1, 0.15) is 38.3 Å². The van der Waals surface area contributed by atoms with Gasteiger partial charge in [0, 0.05) is 43.7 Å². The number of H-pyrrole nitrogens is 1. The van der Waals surface area contributed by atoms with Crippen LogP contribution in [0.15, 0.2) is 54.7 Å². The maximum Gasteiger partial charge on any atom is 0.242 e. The molecular weight excluding hydrogens is 402 g/mol. The van der Waals surface area contributed by atoms with Crippen molar-refractivity contribution >= 4 is 22.7 Å². The molecule has 0 saturated carbocycles. The number of hydrogen-bond donors (Lipinski definition) is 1. The van der Waals surface area contributed by atoms with Gasteiger partial charge in [-0.2, -0.15) is 0 Å². The predicted molar refractivity (Wildman–Crippen MR) is 128 cm³/mol. The fourth-order valence-corrected chi connectivity index (χ4v) is 3.84. The van der Waals surface area contributed by atoms with E-state index in [-0.39, 0.29) is 18.4 Å². The van der Waals surface area contributed by atoms with Crippen LogP contribution >= 0.6 is 0 Å². The Balaban J connectivity index is 1.76. The molecular formula is C26H33N3O3. The normalized spacial score (nSPS) is 10.8. The molecule has 0 aliphatic rings. The molecule has 0 aliphatic carbocycles. The van der Waals surface area contributed by atoms with Gasteiger partial charge in [0.1, 0.15) is 5.75 Å². The smallest absolute Gasteiger partial charge is 0.242 e. The lowest BCUT2D eigenvalue weighted by Gasteiger charge is -2.27. The third-order valence-electron chi connectivity index (χ3n) is 5.55. The fourth-order valence-electron chi connectivity index (χ4n) is 3.84. The maximum atomic E-state index is 13.2. The molecule has 1 N–H and O–H groups in total. The van der Waals surface area contributed by atoms with Gasteiger partial charge >= 0.3 is 0 Å². The number of fused-ring (bicyclic) bond motifs is 1. The van der Waals surface area contributed by atoms with E-state index < -0.39 is 0 Å². The minimum Gasteiger partial charge on any atom is -0.494 e. The van der Waals surface area contributed by atoms with Crippen molar-refractivity contribution in [1.29, 1.82) is 0 Å². The van der Waals surface area contributed by atoms with Crippen molar-refractivity contribution in [3.05, 3.63) is 65.9 Å². The Hall–Kier alpha value is -3.28. The number of amides is 2. The van der Waals surface area contributed by atoms with Gasteiger partial charge in [-0.05, 0) is 49.1 Å². The molecule has 1 aromatic heterocycles. The third kappa shape index (κ3) is 6.13. The molecule has 6 heteroatoms. The Morgan fingerprint density at radius 1 is 0.969 bits per heavy atom. The Bertz CT molecular complexity index is 1030. The molecule has 3 rings (SSSR count). The van der Waals surface area contributed by atoms with Crippen LogP contribution in [0.2, 0.25) is 0 Å². The highest BCUT2D eigenvalue weighted by Gasteiger charge is 2.19. The molecule has 0 aliphatic heterocycles. The molecule has 0 unspecified atom stereocenters. The summed E-state index contributed by atoms with van der Waals surface area (Å²) < 4.78 is 5.53. The first-order valence-electron chi connectivity index (χ1n) is 11.3. The van der Waals surface area contributed by atoms with Crippen molar-refractivity contribution in [1.82, 2.24) is 14.8 Å². The van der Waals surface area contributed by atoms with E-state index >= 15 is 0 Å². The van der Waals surface area contributed by atoms with Crippen molar-refractivity contribution in [3.8, 4) is 5.75 Å². The summed E-state index contributed by atoms with van der Waals surface area (Å²) in [5.41, 5.74) is 3.31. The molecule has 6 nitrogen and oxygen atoms in total. The number of benzene rings is 2. The maximum absolute atomic E-state index is 13.2. The lowest BCUT2D eigenvalue weighted by Crippen LogP contribution is -2.43. The highest BCUT2D eigenvalue weighted by Crippen LogP contribution is 2.19. The average Bonchev–Trinajstić information content (AvgIpc) is 3.20. The summed E-state index contributed by atoms with van der Waals surface area (Å²) in [6.45, 7) is 7.86. The second-order valence-electron chi connectivity index (χ2n) is 7.94. The average molecular weight is 436 g/mol. The summed E-state index contributed by atoms with van der Waals surface area (Å²) in [4.78, 5) is 32.0. The number of aromatic amines is 1. The van der Waals surface area contributed by atoms with Crippen molar-refractivity contribution < 1.29 is 14.3 Å². The zero-order valence-electron chi connectivity index (χ0n) is 19.3. The van der Waals surface area contributed by atoms with E-state index in [0.29, 0.717) is 26.2 Å². The summed E-state index contributed by atoms with van der Waals surface area (Å²) in [6, 6.07) is 16.0. The van der Waals surface area contributed by atoms with Crippen LogP contribution in [0.5, 0.6) is 5.75 Å². The third-order valence-corrected chi connectivity index (χ3v) is 5.55. The Morgan fingerprint density at radius 2 is 1.72 bits per heavy atom. The Kier molecular flexibility index (Phi) is 8.31. The fraction of sp³-hybridized carbons (Fsp3) is 0.385. The van der Waals surface area contributed by atoms with Gasteiger partial charge in [-0.1, -0.05) is 37.3 Å². The summed E-state index contributed by atoms with van der Waals surface area (Å²) in [5, 5.41) is 1.18. The zero-order valence-corrected chi connectivity index (χ0v) is 19.3. The molecule has 3 aromatic rings. The predicted octanol–water partition coefficient (Wildman–Crippen LogP) is 4.40. The lowest BCUT2D eigenvalue weighted by atomic mass is 10.1. The second-order valence-corrected chi connectivity index (χ2v) is 7.94. The van der Waals surface area contributed by atoms with Crippen molar-refractivity contribution in [3.63, 3.8) is 0 Å². The molecule has 0 bridgehead atoms.